The number of sulfonamides is 1. The van der Waals surface area contributed by atoms with Crippen LogP contribution in [-0.4, -0.2) is 109 Å². The normalized spacial score (nSPS) is 22.0. The molecule has 0 saturated carbocycles. The number of carbonyl (C=O) groups is 2. The second kappa shape index (κ2) is 15.1. The topological polar surface area (TPSA) is 90.5 Å². The molecule has 3 fully saturated rings. The third kappa shape index (κ3) is 9.84. The highest BCUT2D eigenvalue weighted by Crippen LogP contribution is 2.37. The summed E-state index contributed by atoms with van der Waals surface area (Å²) in [6.45, 7) is 12.0. The second-order valence-corrected chi connectivity index (χ2v) is 16.0. The first-order chi connectivity index (χ1) is 21.1. The fourth-order valence-electron chi connectivity index (χ4n) is 7.42. The van der Waals surface area contributed by atoms with Crippen LogP contribution in [0.5, 0.6) is 0 Å². The lowest BCUT2D eigenvalue weighted by atomic mass is 9.78. The summed E-state index contributed by atoms with van der Waals surface area (Å²) in [6, 6.07) is 3.71. The zero-order chi connectivity index (χ0) is 32.9. The number of amides is 2. The van der Waals surface area contributed by atoms with Crippen LogP contribution in [0.4, 0.5) is 13.6 Å². The van der Waals surface area contributed by atoms with Crippen molar-refractivity contribution in [3.63, 3.8) is 0 Å². The third-order valence-electron chi connectivity index (χ3n) is 9.68. The molecule has 0 bridgehead atoms. The first-order valence-electron chi connectivity index (χ1n) is 16.6. The molecule has 4 rings (SSSR count). The van der Waals surface area contributed by atoms with Crippen LogP contribution in [0.3, 0.4) is 0 Å². The molecule has 9 nitrogen and oxygen atoms in total. The number of ether oxygens (including phenoxy) is 1. The molecule has 1 aromatic rings. The van der Waals surface area contributed by atoms with Crippen LogP contribution in [0.2, 0.25) is 0 Å². The third-order valence-corrected chi connectivity index (χ3v) is 11.0. The van der Waals surface area contributed by atoms with Crippen LogP contribution in [0.25, 0.3) is 0 Å². The minimum Gasteiger partial charge on any atom is -0.444 e. The van der Waals surface area contributed by atoms with Gasteiger partial charge in [-0.1, -0.05) is 0 Å². The van der Waals surface area contributed by atoms with E-state index in [1.165, 1.54) is 22.7 Å². The van der Waals surface area contributed by atoms with E-state index >= 15 is 0 Å². The number of hydrogen-bond donors (Lipinski definition) is 0. The number of rotatable bonds is 10. The van der Waals surface area contributed by atoms with E-state index in [4.69, 9.17) is 4.74 Å². The van der Waals surface area contributed by atoms with Crippen molar-refractivity contribution in [3.05, 3.63) is 35.4 Å². The summed E-state index contributed by atoms with van der Waals surface area (Å²) in [4.78, 5) is 32.3. The van der Waals surface area contributed by atoms with Gasteiger partial charge in [-0.15, -0.1) is 0 Å². The number of likely N-dealkylation sites (tertiary alicyclic amines) is 2. The van der Waals surface area contributed by atoms with Crippen LogP contribution in [0.1, 0.15) is 90.5 Å². The lowest BCUT2D eigenvalue weighted by Crippen LogP contribution is -2.49. The zero-order valence-corrected chi connectivity index (χ0v) is 28.5. The molecule has 0 spiro atoms. The molecule has 254 valence electrons. The van der Waals surface area contributed by atoms with E-state index in [9.17, 15) is 26.8 Å². The highest BCUT2D eigenvalue weighted by molar-refractivity contribution is 7.88. The maximum absolute atomic E-state index is 14.2. The maximum Gasteiger partial charge on any atom is 0.410 e. The smallest absolute Gasteiger partial charge is 0.410 e. The van der Waals surface area contributed by atoms with Gasteiger partial charge in [0.15, 0.2) is 0 Å². The van der Waals surface area contributed by atoms with Crippen molar-refractivity contribution in [2.24, 2.45) is 5.92 Å². The predicted octanol–water partition coefficient (Wildman–Crippen LogP) is 5.21. The Hall–Kier alpha value is -2.31. The van der Waals surface area contributed by atoms with Crippen molar-refractivity contribution in [1.29, 1.82) is 0 Å². The molecule has 2 atom stereocenters. The van der Waals surface area contributed by atoms with Gasteiger partial charge in [0.25, 0.3) is 0 Å². The summed E-state index contributed by atoms with van der Waals surface area (Å²) in [5.41, 5.74) is 0.0522. The first kappa shape index (κ1) is 35.5. The molecule has 3 aliphatic heterocycles. The Bertz CT molecular complexity index is 1250. The SMILES string of the molecule is CCN(C(=O)CC1CCCN1C(=O)OC(C)(C)C)C1CCN(CCC(c2cc(F)cc(F)c2)C2CCN(S(C)(=O)=O)CC2)CC1. The fourth-order valence-corrected chi connectivity index (χ4v) is 8.29. The molecule has 0 N–H and O–H groups in total. The van der Waals surface area contributed by atoms with E-state index in [1.807, 2.05) is 32.6 Å². The lowest BCUT2D eigenvalue weighted by Gasteiger charge is -2.40. The average molecular weight is 655 g/mol. The monoisotopic (exact) mass is 654 g/mol. The van der Waals surface area contributed by atoms with Crippen molar-refractivity contribution in [2.75, 3.05) is 52.1 Å². The minimum atomic E-state index is -3.27. The van der Waals surface area contributed by atoms with Crippen LogP contribution in [0, 0.1) is 17.6 Å². The van der Waals surface area contributed by atoms with Gasteiger partial charge in [-0.25, -0.2) is 26.3 Å². The Morgan fingerprint density at radius 3 is 2.16 bits per heavy atom. The van der Waals surface area contributed by atoms with Crippen LogP contribution < -0.4 is 0 Å². The van der Waals surface area contributed by atoms with E-state index in [0.717, 1.165) is 57.8 Å². The molecule has 3 aliphatic rings. The Morgan fingerprint density at radius 2 is 1.60 bits per heavy atom. The molecular formula is C33H52F2N4O5S. The Kier molecular flexibility index (Phi) is 11.9. The highest BCUT2D eigenvalue weighted by atomic mass is 32.2. The van der Waals surface area contributed by atoms with E-state index in [0.29, 0.717) is 51.0 Å². The van der Waals surface area contributed by atoms with Gasteiger partial charge >= 0.3 is 6.09 Å². The van der Waals surface area contributed by atoms with Crippen molar-refractivity contribution >= 4 is 22.0 Å². The van der Waals surface area contributed by atoms with E-state index < -0.39 is 27.3 Å². The predicted molar refractivity (Wildman–Crippen MR) is 170 cm³/mol. The van der Waals surface area contributed by atoms with E-state index in [2.05, 4.69) is 4.90 Å². The minimum absolute atomic E-state index is 0.0741. The zero-order valence-electron chi connectivity index (χ0n) is 27.6. The fraction of sp³-hybridized carbons (Fsp3) is 0.758. The quantitative estimate of drug-likeness (QED) is 0.344. The molecule has 3 saturated heterocycles. The van der Waals surface area contributed by atoms with Crippen LogP contribution in [0.15, 0.2) is 18.2 Å². The molecule has 3 heterocycles. The number of carbonyl (C=O) groups excluding carboxylic acids is 2. The van der Waals surface area contributed by atoms with E-state index in [-0.39, 0.29) is 35.9 Å². The molecule has 0 radical (unpaired) electrons. The first-order valence-corrected chi connectivity index (χ1v) is 18.4. The van der Waals surface area contributed by atoms with Gasteiger partial charge in [-0.2, -0.15) is 0 Å². The maximum atomic E-state index is 14.2. The highest BCUT2D eigenvalue weighted by Gasteiger charge is 2.36. The molecule has 0 aromatic heterocycles. The summed E-state index contributed by atoms with van der Waals surface area (Å²) in [7, 11) is -3.27. The van der Waals surface area contributed by atoms with Crippen molar-refractivity contribution in [2.45, 2.75) is 103 Å². The largest absolute Gasteiger partial charge is 0.444 e. The second-order valence-electron chi connectivity index (χ2n) is 14.0. The number of nitrogens with zero attached hydrogens (tertiary/aromatic N) is 4. The summed E-state index contributed by atoms with van der Waals surface area (Å²) in [5.74, 6) is -1.07. The van der Waals surface area contributed by atoms with Gasteiger partial charge in [0.2, 0.25) is 15.9 Å². The summed E-state index contributed by atoms with van der Waals surface area (Å²) < 4.78 is 59.6. The Morgan fingerprint density at radius 1 is 0.978 bits per heavy atom. The van der Waals surface area contributed by atoms with Crippen molar-refractivity contribution < 1.29 is 31.5 Å². The lowest BCUT2D eigenvalue weighted by molar-refractivity contribution is -0.135. The Labute approximate surface area is 268 Å². The molecule has 12 heteroatoms. The van der Waals surface area contributed by atoms with Gasteiger partial charge < -0.3 is 19.4 Å². The Balaban J connectivity index is 1.32. The van der Waals surface area contributed by atoms with Gasteiger partial charge in [0.05, 0.1) is 6.26 Å². The molecule has 2 unspecified atom stereocenters. The number of hydrogen-bond acceptors (Lipinski definition) is 6. The van der Waals surface area contributed by atoms with Gasteiger partial charge in [0.1, 0.15) is 17.2 Å². The summed E-state index contributed by atoms with van der Waals surface area (Å²) >= 11 is 0. The molecular weight excluding hydrogens is 602 g/mol. The molecule has 0 aliphatic carbocycles. The number of halogens is 2. The average Bonchev–Trinajstić information content (AvgIpc) is 3.41. The van der Waals surface area contributed by atoms with Gasteiger partial charge in [0, 0.05) is 63.8 Å². The number of piperidine rings is 2. The van der Waals surface area contributed by atoms with Gasteiger partial charge in [-0.05, 0) is 109 Å². The molecule has 45 heavy (non-hydrogen) atoms. The number of benzene rings is 1. The van der Waals surface area contributed by atoms with Crippen LogP contribution in [-0.2, 0) is 19.6 Å². The molecule has 2 amide bonds. The van der Waals surface area contributed by atoms with Gasteiger partial charge in [-0.3, -0.25) is 4.79 Å². The van der Waals surface area contributed by atoms with Crippen LogP contribution >= 0.6 is 0 Å². The van der Waals surface area contributed by atoms with Crippen molar-refractivity contribution in [1.82, 2.24) is 19.0 Å². The van der Waals surface area contributed by atoms with Crippen molar-refractivity contribution in [3.8, 4) is 0 Å². The van der Waals surface area contributed by atoms with E-state index in [1.54, 1.807) is 4.90 Å². The summed E-state index contributed by atoms with van der Waals surface area (Å²) in [5, 5.41) is 0. The summed E-state index contributed by atoms with van der Waals surface area (Å²) in [6.07, 6.45) is 6.53. The standard InChI is InChI=1S/C33H52F2N4O5S/c1-6-38(31(40)23-29-8-7-14-39(29)32(41)44-33(2,3)4)28-11-15-36(16-12-28)17-13-30(25-20-26(34)22-27(35)21-25)24-9-18-37(19-10-24)45(5,42)43/h20-22,24,28-30H,6-19,23H2,1-5H3. The molecule has 1 aromatic carbocycles.